The second-order valence-electron chi connectivity index (χ2n) is 4.01. The van der Waals surface area contributed by atoms with E-state index >= 15 is 0 Å². The van der Waals surface area contributed by atoms with Crippen molar-refractivity contribution < 1.29 is 9.72 Å². The summed E-state index contributed by atoms with van der Waals surface area (Å²) in [6, 6.07) is 8.57. The number of carbonyl (C=O) groups excluding carboxylic acids is 1. The van der Waals surface area contributed by atoms with Crippen molar-refractivity contribution in [1.82, 2.24) is 4.57 Å². The number of pyridine rings is 1. The highest BCUT2D eigenvalue weighted by Crippen LogP contribution is 2.16. The molecule has 0 amide bonds. The molecule has 0 unspecified atom stereocenters. The highest BCUT2D eigenvalue weighted by molar-refractivity contribution is 6.33. The van der Waals surface area contributed by atoms with E-state index in [0.717, 1.165) is 22.9 Å². The molecule has 0 spiro atoms. The van der Waals surface area contributed by atoms with Crippen LogP contribution in [-0.2, 0) is 6.54 Å². The summed E-state index contributed by atoms with van der Waals surface area (Å²) >= 11 is 5.89. The van der Waals surface area contributed by atoms with Crippen LogP contribution in [0.1, 0.15) is 10.4 Å². The molecule has 0 radical (unpaired) electrons. The number of nitrogens with zero attached hydrogens (tertiary/aromatic N) is 2. The first-order valence-electron chi connectivity index (χ1n) is 5.61. The van der Waals surface area contributed by atoms with Gasteiger partial charge in [0.1, 0.15) is 0 Å². The highest BCUT2D eigenvalue weighted by atomic mass is 35.5. The summed E-state index contributed by atoms with van der Waals surface area (Å²) in [7, 11) is 0. The molecule has 0 aliphatic heterocycles. The third kappa shape index (κ3) is 2.92. The van der Waals surface area contributed by atoms with E-state index in [0.29, 0.717) is 0 Å². The zero-order valence-electron chi connectivity index (χ0n) is 10.2. The molecular formula is C13H9ClN2O4. The number of rotatable bonds is 4. The van der Waals surface area contributed by atoms with Crippen LogP contribution in [0.15, 0.2) is 47.4 Å². The summed E-state index contributed by atoms with van der Waals surface area (Å²) in [5.41, 5.74) is -0.472. The zero-order valence-corrected chi connectivity index (χ0v) is 10.9. The van der Waals surface area contributed by atoms with Gasteiger partial charge in [-0.15, -0.1) is 0 Å². The van der Waals surface area contributed by atoms with Crippen LogP contribution >= 0.6 is 11.6 Å². The van der Waals surface area contributed by atoms with Gasteiger partial charge in [0, 0.05) is 17.7 Å². The number of aromatic nitrogens is 1. The lowest BCUT2D eigenvalue weighted by atomic mass is 10.1. The van der Waals surface area contributed by atoms with Gasteiger partial charge in [-0.3, -0.25) is 19.7 Å². The number of nitro groups is 1. The molecule has 20 heavy (non-hydrogen) atoms. The van der Waals surface area contributed by atoms with Crippen molar-refractivity contribution in [3.8, 4) is 0 Å². The largest absolute Gasteiger partial charge is 0.301 e. The Morgan fingerprint density at radius 3 is 2.60 bits per heavy atom. The summed E-state index contributed by atoms with van der Waals surface area (Å²) in [5, 5.41) is 10.9. The van der Waals surface area contributed by atoms with Gasteiger partial charge in [-0.2, -0.15) is 0 Å². The number of halogens is 1. The number of hydrogen-bond acceptors (Lipinski definition) is 4. The topological polar surface area (TPSA) is 82.2 Å². The van der Waals surface area contributed by atoms with E-state index < -0.39 is 16.3 Å². The second-order valence-corrected chi connectivity index (χ2v) is 4.42. The first-order valence-corrected chi connectivity index (χ1v) is 5.99. The average molecular weight is 293 g/mol. The van der Waals surface area contributed by atoms with E-state index in [2.05, 4.69) is 0 Å². The Morgan fingerprint density at radius 1 is 1.25 bits per heavy atom. The molecule has 7 heteroatoms. The predicted octanol–water partition coefficient (Wildman–Crippen LogP) is 2.29. The maximum absolute atomic E-state index is 12.1. The van der Waals surface area contributed by atoms with Crippen molar-refractivity contribution in [1.29, 1.82) is 0 Å². The highest BCUT2D eigenvalue weighted by Gasteiger charge is 2.13. The number of hydrogen-bond donors (Lipinski definition) is 0. The fraction of sp³-hybridized carbons (Fsp3) is 0.0769. The zero-order chi connectivity index (χ0) is 14.7. The summed E-state index contributed by atoms with van der Waals surface area (Å²) < 4.78 is 0.990. The van der Waals surface area contributed by atoms with Gasteiger partial charge in [-0.1, -0.05) is 23.7 Å². The van der Waals surface area contributed by atoms with Gasteiger partial charge in [0.25, 0.3) is 11.2 Å². The van der Waals surface area contributed by atoms with E-state index in [1.165, 1.54) is 6.07 Å². The SMILES string of the molecule is O=C(Cn1cc([N+](=O)[O-])ccc1=O)c1ccccc1Cl. The molecule has 2 aromatic rings. The van der Waals surface area contributed by atoms with Crippen molar-refractivity contribution in [3.63, 3.8) is 0 Å². The minimum atomic E-state index is -0.629. The first-order chi connectivity index (χ1) is 9.49. The smallest absolute Gasteiger partial charge is 0.285 e. The molecule has 0 aliphatic rings. The number of benzene rings is 1. The molecule has 2 rings (SSSR count). The Labute approximate surface area is 118 Å². The van der Waals surface area contributed by atoms with Gasteiger partial charge in [-0.25, -0.2) is 0 Å². The van der Waals surface area contributed by atoms with E-state index in [9.17, 15) is 19.7 Å². The average Bonchev–Trinajstić information content (AvgIpc) is 2.41. The van der Waals surface area contributed by atoms with Crippen molar-refractivity contribution >= 4 is 23.1 Å². The maximum Gasteiger partial charge on any atom is 0.285 e. The molecule has 1 heterocycles. The predicted molar refractivity (Wildman–Crippen MR) is 73.1 cm³/mol. The van der Waals surface area contributed by atoms with Crippen LogP contribution in [0.4, 0.5) is 5.69 Å². The van der Waals surface area contributed by atoms with Gasteiger partial charge < -0.3 is 4.57 Å². The molecular weight excluding hydrogens is 284 g/mol. The van der Waals surface area contributed by atoms with Gasteiger partial charge in [0.05, 0.1) is 22.7 Å². The molecule has 102 valence electrons. The van der Waals surface area contributed by atoms with E-state index in [-0.39, 0.29) is 22.8 Å². The third-order valence-corrected chi connectivity index (χ3v) is 3.00. The molecule has 0 atom stereocenters. The lowest BCUT2D eigenvalue weighted by Crippen LogP contribution is -2.23. The van der Waals surface area contributed by atoms with Crippen LogP contribution in [0.3, 0.4) is 0 Å². The number of Topliss-reactive ketones (excluding diaryl/α,β-unsaturated/α-hetero) is 1. The Morgan fingerprint density at radius 2 is 1.95 bits per heavy atom. The number of ketones is 1. The minimum absolute atomic E-state index is 0.253. The van der Waals surface area contributed by atoms with Gasteiger partial charge in [0.2, 0.25) is 0 Å². The van der Waals surface area contributed by atoms with Crippen molar-refractivity contribution in [3.05, 3.63) is 73.6 Å². The Bertz CT molecular complexity index is 739. The Balaban J connectivity index is 2.33. The summed E-state index contributed by atoms with van der Waals surface area (Å²) in [6.45, 7) is -0.301. The second kappa shape index (κ2) is 5.66. The van der Waals surface area contributed by atoms with E-state index in [1.54, 1.807) is 18.2 Å². The molecule has 1 aromatic heterocycles. The molecule has 1 aromatic carbocycles. The molecule has 6 nitrogen and oxygen atoms in total. The molecule has 0 fully saturated rings. The molecule has 0 bridgehead atoms. The van der Waals surface area contributed by atoms with Gasteiger partial charge >= 0.3 is 0 Å². The monoisotopic (exact) mass is 292 g/mol. The maximum atomic E-state index is 12.1. The van der Waals surface area contributed by atoms with Crippen LogP contribution in [0, 0.1) is 10.1 Å². The minimum Gasteiger partial charge on any atom is -0.301 e. The summed E-state index contributed by atoms with van der Waals surface area (Å²) in [4.78, 5) is 33.7. The summed E-state index contributed by atoms with van der Waals surface area (Å²) in [5.74, 6) is -0.391. The number of carbonyl (C=O) groups is 1. The van der Waals surface area contributed by atoms with Crippen molar-refractivity contribution in [2.75, 3.05) is 0 Å². The Kier molecular flexibility index (Phi) is 3.95. The van der Waals surface area contributed by atoms with E-state index in [4.69, 9.17) is 11.6 Å². The van der Waals surface area contributed by atoms with E-state index in [1.807, 2.05) is 0 Å². The molecule has 0 saturated carbocycles. The fourth-order valence-corrected chi connectivity index (χ4v) is 1.92. The van der Waals surface area contributed by atoms with Crippen LogP contribution in [0.2, 0.25) is 5.02 Å². The van der Waals surface area contributed by atoms with Crippen molar-refractivity contribution in [2.45, 2.75) is 6.54 Å². The summed E-state index contributed by atoms with van der Waals surface area (Å²) in [6.07, 6.45) is 1.04. The van der Waals surface area contributed by atoms with Crippen LogP contribution < -0.4 is 5.56 Å². The molecule has 0 saturated heterocycles. The first kappa shape index (κ1) is 14.0. The normalized spacial score (nSPS) is 10.2. The molecule has 0 N–H and O–H groups in total. The third-order valence-electron chi connectivity index (χ3n) is 2.67. The van der Waals surface area contributed by atoms with Gasteiger partial charge in [-0.05, 0) is 12.1 Å². The van der Waals surface area contributed by atoms with Crippen LogP contribution in [0.25, 0.3) is 0 Å². The van der Waals surface area contributed by atoms with Crippen molar-refractivity contribution in [2.24, 2.45) is 0 Å². The van der Waals surface area contributed by atoms with Gasteiger partial charge in [0.15, 0.2) is 5.78 Å². The lowest BCUT2D eigenvalue weighted by Gasteiger charge is -2.06. The fourth-order valence-electron chi connectivity index (χ4n) is 1.68. The van der Waals surface area contributed by atoms with Crippen LogP contribution in [-0.4, -0.2) is 15.3 Å². The lowest BCUT2D eigenvalue weighted by molar-refractivity contribution is -0.385. The Hall–Kier alpha value is -2.47. The quantitative estimate of drug-likeness (QED) is 0.492. The standard InChI is InChI=1S/C13H9ClN2O4/c14-11-4-2-1-3-10(11)12(17)8-15-7-9(16(19)20)5-6-13(15)18/h1-7H,8H2. The molecule has 0 aliphatic carbocycles. The van der Waals surface area contributed by atoms with Crippen LogP contribution in [0.5, 0.6) is 0 Å².